The first-order valence-corrected chi connectivity index (χ1v) is 9.47. The van der Waals surface area contributed by atoms with E-state index in [0.717, 1.165) is 34.8 Å². The van der Waals surface area contributed by atoms with Crippen molar-refractivity contribution in [3.05, 3.63) is 63.1 Å². The highest BCUT2D eigenvalue weighted by Gasteiger charge is 2.13. The van der Waals surface area contributed by atoms with Gasteiger partial charge in [0.1, 0.15) is 12.4 Å². The van der Waals surface area contributed by atoms with E-state index in [4.69, 9.17) is 4.74 Å². The lowest BCUT2D eigenvalue weighted by Gasteiger charge is -2.09. The van der Waals surface area contributed by atoms with E-state index in [1.807, 2.05) is 49.9 Å². The van der Waals surface area contributed by atoms with E-state index < -0.39 is 0 Å². The van der Waals surface area contributed by atoms with Crippen LogP contribution in [0.25, 0.3) is 0 Å². The van der Waals surface area contributed by atoms with E-state index >= 15 is 0 Å². The van der Waals surface area contributed by atoms with Crippen molar-refractivity contribution in [2.75, 3.05) is 5.32 Å². The molecule has 0 saturated carbocycles. The van der Waals surface area contributed by atoms with Crippen molar-refractivity contribution in [2.24, 2.45) is 0 Å². The molecule has 0 atom stereocenters. The summed E-state index contributed by atoms with van der Waals surface area (Å²) in [5.74, 6) is 0.761. The molecule has 2 heterocycles. The summed E-state index contributed by atoms with van der Waals surface area (Å²) in [6.07, 6.45) is 1.69. The van der Waals surface area contributed by atoms with Gasteiger partial charge in [0, 0.05) is 12.1 Å². The van der Waals surface area contributed by atoms with Gasteiger partial charge in [0.05, 0.1) is 22.5 Å². The molecular weight excluding hydrogens is 346 g/mol. The van der Waals surface area contributed by atoms with Crippen LogP contribution in [-0.4, -0.2) is 15.7 Å². The third-order valence-electron chi connectivity index (χ3n) is 4.27. The monoisotopic (exact) mass is 369 g/mol. The lowest BCUT2D eigenvalue weighted by atomic mass is 10.1. The molecule has 0 saturated heterocycles. The van der Waals surface area contributed by atoms with Gasteiger partial charge in [-0.2, -0.15) is 5.10 Å². The maximum Gasteiger partial charge on any atom is 0.265 e. The van der Waals surface area contributed by atoms with Crippen LogP contribution in [0.15, 0.2) is 35.8 Å². The molecule has 136 valence electrons. The number of carbonyl (C=O) groups is 1. The zero-order valence-electron chi connectivity index (χ0n) is 15.5. The van der Waals surface area contributed by atoms with E-state index in [-0.39, 0.29) is 5.91 Å². The van der Waals surface area contributed by atoms with Crippen molar-refractivity contribution in [1.82, 2.24) is 9.78 Å². The van der Waals surface area contributed by atoms with Crippen LogP contribution >= 0.6 is 11.3 Å². The third-order valence-corrected chi connectivity index (χ3v) is 5.24. The van der Waals surface area contributed by atoms with Crippen LogP contribution in [0.4, 0.5) is 5.69 Å². The molecule has 3 aromatic rings. The Labute approximate surface area is 157 Å². The van der Waals surface area contributed by atoms with Crippen molar-refractivity contribution in [1.29, 1.82) is 0 Å². The summed E-state index contributed by atoms with van der Waals surface area (Å²) in [5.41, 5.74) is 4.96. The molecule has 0 aliphatic heterocycles. The quantitative estimate of drug-likeness (QED) is 0.684. The fourth-order valence-corrected chi connectivity index (χ4v) is 3.46. The van der Waals surface area contributed by atoms with Crippen molar-refractivity contribution in [2.45, 2.75) is 40.8 Å². The van der Waals surface area contributed by atoms with Crippen LogP contribution < -0.4 is 10.1 Å². The Morgan fingerprint density at radius 1 is 1.27 bits per heavy atom. The third kappa shape index (κ3) is 3.96. The SMILES string of the molecule is CCn1ncc(NC(=O)c2cc(COc3cc(C)ccc3C)cs2)c1C. The Hall–Kier alpha value is -2.60. The van der Waals surface area contributed by atoms with Crippen LogP contribution in [0.1, 0.15) is 39.0 Å². The largest absolute Gasteiger partial charge is 0.489 e. The Kier molecular flexibility index (Phi) is 5.42. The number of hydrogen-bond donors (Lipinski definition) is 1. The van der Waals surface area contributed by atoms with Gasteiger partial charge >= 0.3 is 0 Å². The van der Waals surface area contributed by atoms with Gasteiger partial charge in [-0.05, 0) is 56.3 Å². The summed E-state index contributed by atoms with van der Waals surface area (Å²) in [6.45, 7) is 9.26. The number of anilines is 1. The molecule has 6 heteroatoms. The second kappa shape index (κ2) is 7.74. The highest BCUT2D eigenvalue weighted by molar-refractivity contribution is 7.12. The number of hydrogen-bond acceptors (Lipinski definition) is 4. The first kappa shape index (κ1) is 18.2. The fraction of sp³-hybridized carbons (Fsp3) is 0.300. The molecule has 0 fully saturated rings. The highest BCUT2D eigenvalue weighted by atomic mass is 32.1. The maximum absolute atomic E-state index is 12.5. The van der Waals surface area contributed by atoms with Gasteiger partial charge in [-0.15, -0.1) is 11.3 Å². The molecule has 26 heavy (non-hydrogen) atoms. The van der Waals surface area contributed by atoms with Gasteiger partial charge in [0.15, 0.2) is 0 Å². The molecule has 0 bridgehead atoms. The zero-order chi connectivity index (χ0) is 18.7. The lowest BCUT2D eigenvalue weighted by Crippen LogP contribution is -2.11. The molecule has 0 aliphatic carbocycles. The van der Waals surface area contributed by atoms with Crippen molar-refractivity contribution < 1.29 is 9.53 Å². The Morgan fingerprint density at radius 2 is 2.08 bits per heavy atom. The van der Waals surface area contributed by atoms with E-state index in [2.05, 4.69) is 22.5 Å². The number of amides is 1. The topological polar surface area (TPSA) is 56.2 Å². The summed E-state index contributed by atoms with van der Waals surface area (Å²) < 4.78 is 7.77. The average Bonchev–Trinajstić information content (AvgIpc) is 3.23. The number of nitrogens with zero attached hydrogens (tertiary/aromatic N) is 2. The molecule has 1 N–H and O–H groups in total. The summed E-state index contributed by atoms with van der Waals surface area (Å²) in [4.78, 5) is 13.1. The normalized spacial score (nSPS) is 10.8. The minimum absolute atomic E-state index is 0.119. The Morgan fingerprint density at radius 3 is 2.81 bits per heavy atom. The molecule has 1 aromatic carbocycles. The number of nitrogens with one attached hydrogen (secondary N) is 1. The molecule has 0 unspecified atom stereocenters. The number of rotatable bonds is 6. The number of carbonyl (C=O) groups excluding carboxylic acids is 1. The standard InChI is InChI=1S/C20H23N3O2S/c1-5-23-15(4)17(10-21-23)22-20(24)19-9-16(12-26-19)11-25-18-8-13(2)6-7-14(18)3/h6-10,12H,5,11H2,1-4H3,(H,22,24). The Balaban J connectivity index is 1.64. The van der Waals surface area contributed by atoms with Gasteiger partial charge in [-0.1, -0.05) is 12.1 Å². The summed E-state index contributed by atoms with van der Waals surface area (Å²) in [5, 5.41) is 9.14. The van der Waals surface area contributed by atoms with Crippen LogP contribution in [0, 0.1) is 20.8 Å². The van der Waals surface area contributed by atoms with Crippen LogP contribution in [0.3, 0.4) is 0 Å². The van der Waals surface area contributed by atoms with Crippen LogP contribution in [0.2, 0.25) is 0 Å². The number of aromatic nitrogens is 2. The highest BCUT2D eigenvalue weighted by Crippen LogP contribution is 2.23. The van der Waals surface area contributed by atoms with Crippen molar-refractivity contribution in [3.8, 4) is 5.75 Å². The van der Waals surface area contributed by atoms with Crippen molar-refractivity contribution in [3.63, 3.8) is 0 Å². The molecule has 0 spiro atoms. The maximum atomic E-state index is 12.5. The number of ether oxygens (including phenoxy) is 1. The molecule has 0 radical (unpaired) electrons. The van der Waals surface area contributed by atoms with Gasteiger partial charge in [-0.25, -0.2) is 0 Å². The first-order chi connectivity index (χ1) is 12.5. The summed E-state index contributed by atoms with van der Waals surface area (Å²) in [7, 11) is 0. The number of thiophene rings is 1. The van der Waals surface area contributed by atoms with Gasteiger partial charge < -0.3 is 10.1 Å². The van der Waals surface area contributed by atoms with E-state index in [1.54, 1.807) is 6.20 Å². The molecule has 5 nitrogen and oxygen atoms in total. The predicted molar refractivity (Wildman–Crippen MR) is 105 cm³/mol. The molecular formula is C20H23N3O2S. The van der Waals surface area contributed by atoms with Crippen LogP contribution in [-0.2, 0) is 13.2 Å². The molecule has 1 amide bonds. The summed E-state index contributed by atoms with van der Waals surface area (Å²) in [6, 6.07) is 8.03. The second-order valence-corrected chi connectivity index (χ2v) is 7.20. The molecule has 2 aromatic heterocycles. The van der Waals surface area contributed by atoms with Crippen LogP contribution in [0.5, 0.6) is 5.75 Å². The first-order valence-electron chi connectivity index (χ1n) is 8.59. The van der Waals surface area contributed by atoms with E-state index in [0.29, 0.717) is 11.5 Å². The average molecular weight is 369 g/mol. The smallest absolute Gasteiger partial charge is 0.265 e. The van der Waals surface area contributed by atoms with E-state index in [9.17, 15) is 4.79 Å². The molecule has 3 rings (SSSR count). The lowest BCUT2D eigenvalue weighted by molar-refractivity contribution is 0.103. The van der Waals surface area contributed by atoms with Gasteiger partial charge in [-0.3, -0.25) is 9.48 Å². The zero-order valence-corrected chi connectivity index (χ0v) is 16.3. The summed E-state index contributed by atoms with van der Waals surface area (Å²) >= 11 is 1.42. The van der Waals surface area contributed by atoms with Crippen molar-refractivity contribution >= 4 is 22.9 Å². The number of benzene rings is 1. The fourth-order valence-electron chi connectivity index (χ4n) is 2.67. The molecule has 0 aliphatic rings. The number of aryl methyl sites for hydroxylation is 3. The van der Waals surface area contributed by atoms with E-state index in [1.165, 1.54) is 16.9 Å². The predicted octanol–water partition coefficient (Wildman–Crippen LogP) is 4.72. The second-order valence-electron chi connectivity index (χ2n) is 6.29. The van der Waals surface area contributed by atoms with Gasteiger partial charge in [0.2, 0.25) is 0 Å². The Bertz CT molecular complexity index is 927. The minimum Gasteiger partial charge on any atom is -0.489 e. The minimum atomic E-state index is -0.119. The van der Waals surface area contributed by atoms with Gasteiger partial charge in [0.25, 0.3) is 5.91 Å².